The largest absolute Gasteiger partial charge is 0.316 e. The van der Waals surface area contributed by atoms with Gasteiger partial charge in [-0.2, -0.15) is 11.8 Å². The van der Waals surface area contributed by atoms with Gasteiger partial charge in [0.25, 0.3) is 0 Å². The molecular weight excluding hydrogens is 292 g/mol. The molecule has 112 valence electrons. The van der Waals surface area contributed by atoms with Gasteiger partial charge >= 0.3 is 0 Å². The van der Waals surface area contributed by atoms with E-state index in [9.17, 15) is 8.42 Å². The van der Waals surface area contributed by atoms with Crippen LogP contribution in [0.15, 0.2) is 24.3 Å². The number of benzene rings is 1. The molecule has 6 heteroatoms. The fraction of sp³-hybridized carbons (Fsp3) is 0.571. The first kappa shape index (κ1) is 15.8. The van der Waals surface area contributed by atoms with Crippen molar-refractivity contribution in [2.75, 3.05) is 18.6 Å². The van der Waals surface area contributed by atoms with E-state index in [0.29, 0.717) is 0 Å². The van der Waals surface area contributed by atoms with E-state index in [2.05, 4.69) is 10.0 Å². The highest BCUT2D eigenvalue weighted by Gasteiger charge is 2.20. The minimum Gasteiger partial charge on any atom is -0.316 e. The van der Waals surface area contributed by atoms with Gasteiger partial charge in [0.05, 0.1) is 5.75 Å². The van der Waals surface area contributed by atoms with Crippen LogP contribution >= 0.6 is 11.8 Å². The summed E-state index contributed by atoms with van der Waals surface area (Å²) in [5.41, 5.74) is 1.95. The third-order valence-corrected chi connectivity index (χ3v) is 5.75. The average molecular weight is 314 g/mol. The van der Waals surface area contributed by atoms with Gasteiger partial charge in [0.2, 0.25) is 10.0 Å². The van der Waals surface area contributed by atoms with Crippen molar-refractivity contribution in [3.8, 4) is 0 Å². The molecule has 1 aromatic carbocycles. The molecule has 2 rings (SSSR count). The number of hydrogen-bond donors (Lipinski definition) is 2. The van der Waals surface area contributed by atoms with Gasteiger partial charge in [0, 0.05) is 12.6 Å². The van der Waals surface area contributed by atoms with Crippen LogP contribution in [-0.4, -0.2) is 33.0 Å². The number of nitrogens with one attached hydrogen (secondary N) is 2. The second-order valence-corrected chi connectivity index (χ2v) is 8.09. The smallest absolute Gasteiger partial charge is 0.216 e. The van der Waals surface area contributed by atoms with Gasteiger partial charge in [-0.3, -0.25) is 0 Å². The van der Waals surface area contributed by atoms with Crippen LogP contribution in [0.3, 0.4) is 0 Å². The summed E-state index contributed by atoms with van der Waals surface area (Å²) in [7, 11) is -1.36. The molecule has 20 heavy (non-hydrogen) atoms. The Bertz CT molecular complexity index is 526. The van der Waals surface area contributed by atoms with Crippen LogP contribution < -0.4 is 10.0 Å². The summed E-state index contributed by atoms with van der Waals surface area (Å²) in [5, 5.41) is 3.07. The SMILES string of the molecule is CNCc1cccc(CS(=O)(=O)NC2CCSCC2)c1. The summed E-state index contributed by atoms with van der Waals surface area (Å²) in [6.45, 7) is 0.751. The van der Waals surface area contributed by atoms with Gasteiger partial charge in [-0.05, 0) is 42.5 Å². The molecule has 4 nitrogen and oxygen atoms in total. The molecule has 0 unspecified atom stereocenters. The Balaban J connectivity index is 1.98. The molecule has 0 aliphatic carbocycles. The molecule has 1 heterocycles. The van der Waals surface area contributed by atoms with E-state index in [1.807, 2.05) is 43.1 Å². The molecule has 0 spiro atoms. The lowest BCUT2D eigenvalue weighted by Crippen LogP contribution is -2.37. The van der Waals surface area contributed by atoms with Crippen LogP contribution in [0, 0.1) is 0 Å². The monoisotopic (exact) mass is 314 g/mol. The molecule has 0 amide bonds. The maximum atomic E-state index is 12.2. The van der Waals surface area contributed by atoms with Crippen LogP contribution in [0.4, 0.5) is 0 Å². The Hall–Kier alpha value is -0.560. The van der Waals surface area contributed by atoms with Crippen molar-refractivity contribution < 1.29 is 8.42 Å². The molecule has 1 saturated heterocycles. The van der Waals surface area contributed by atoms with E-state index >= 15 is 0 Å². The highest BCUT2D eigenvalue weighted by molar-refractivity contribution is 7.99. The molecule has 0 saturated carbocycles. The maximum Gasteiger partial charge on any atom is 0.216 e. The van der Waals surface area contributed by atoms with Crippen molar-refractivity contribution in [3.05, 3.63) is 35.4 Å². The molecule has 1 aliphatic heterocycles. The molecular formula is C14H22N2O2S2. The predicted molar refractivity (Wildman–Crippen MR) is 85.3 cm³/mol. The van der Waals surface area contributed by atoms with Crippen LogP contribution in [0.1, 0.15) is 24.0 Å². The molecule has 2 N–H and O–H groups in total. The first-order valence-corrected chi connectivity index (χ1v) is 9.70. The Morgan fingerprint density at radius 2 is 1.95 bits per heavy atom. The summed E-state index contributed by atoms with van der Waals surface area (Å²) in [4.78, 5) is 0. The van der Waals surface area contributed by atoms with E-state index in [1.165, 1.54) is 0 Å². The van der Waals surface area contributed by atoms with Crippen LogP contribution in [-0.2, 0) is 22.3 Å². The van der Waals surface area contributed by atoms with E-state index in [1.54, 1.807) is 0 Å². The topological polar surface area (TPSA) is 58.2 Å². The maximum absolute atomic E-state index is 12.2. The zero-order chi connectivity index (χ0) is 14.4. The van der Waals surface area contributed by atoms with Crippen molar-refractivity contribution >= 4 is 21.8 Å². The molecule has 1 aliphatic rings. The number of thioether (sulfide) groups is 1. The van der Waals surface area contributed by atoms with Crippen molar-refractivity contribution in [1.82, 2.24) is 10.0 Å². The van der Waals surface area contributed by atoms with E-state index in [4.69, 9.17) is 0 Å². The quantitative estimate of drug-likeness (QED) is 0.839. The van der Waals surface area contributed by atoms with Crippen molar-refractivity contribution in [2.24, 2.45) is 0 Å². The number of sulfonamides is 1. The van der Waals surface area contributed by atoms with Gasteiger partial charge in [-0.25, -0.2) is 13.1 Å². The lowest BCUT2D eigenvalue weighted by molar-refractivity contribution is 0.528. The van der Waals surface area contributed by atoms with Crippen LogP contribution in [0.25, 0.3) is 0 Å². The molecule has 0 aromatic heterocycles. The van der Waals surface area contributed by atoms with Gasteiger partial charge in [0.15, 0.2) is 0 Å². The van der Waals surface area contributed by atoms with E-state index in [0.717, 1.165) is 42.0 Å². The van der Waals surface area contributed by atoms with Gasteiger partial charge in [0.1, 0.15) is 0 Å². The number of hydrogen-bond acceptors (Lipinski definition) is 4. The highest BCUT2D eigenvalue weighted by atomic mass is 32.2. The highest BCUT2D eigenvalue weighted by Crippen LogP contribution is 2.18. The minimum atomic E-state index is -3.25. The van der Waals surface area contributed by atoms with Crippen LogP contribution in [0.2, 0.25) is 0 Å². The predicted octanol–water partition coefficient (Wildman–Crippen LogP) is 1.72. The summed E-state index contributed by atoms with van der Waals surface area (Å²) < 4.78 is 27.2. The van der Waals surface area contributed by atoms with Crippen molar-refractivity contribution in [1.29, 1.82) is 0 Å². The summed E-state index contributed by atoms with van der Waals surface area (Å²) >= 11 is 1.89. The Kier molecular flexibility index (Phi) is 5.89. The fourth-order valence-electron chi connectivity index (χ4n) is 2.36. The first-order chi connectivity index (χ1) is 9.59. The normalized spacial score (nSPS) is 17.2. The van der Waals surface area contributed by atoms with E-state index in [-0.39, 0.29) is 11.8 Å². The molecule has 0 radical (unpaired) electrons. The Labute approximate surface area is 125 Å². The minimum absolute atomic E-state index is 0.0637. The fourth-order valence-corrected chi connectivity index (χ4v) is 4.92. The van der Waals surface area contributed by atoms with Gasteiger partial charge in [-0.1, -0.05) is 24.3 Å². The Morgan fingerprint density at radius 3 is 2.65 bits per heavy atom. The lowest BCUT2D eigenvalue weighted by Gasteiger charge is -2.22. The van der Waals surface area contributed by atoms with Crippen LogP contribution in [0.5, 0.6) is 0 Å². The average Bonchev–Trinajstić information content (AvgIpc) is 2.39. The molecule has 1 fully saturated rings. The zero-order valence-corrected chi connectivity index (χ0v) is 13.4. The number of rotatable bonds is 6. The first-order valence-electron chi connectivity index (χ1n) is 6.89. The third-order valence-electron chi connectivity index (χ3n) is 3.30. The van der Waals surface area contributed by atoms with Gasteiger partial charge < -0.3 is 5.32 Å². The zero-order valence-electron chi connectivity index (χ0n) is 11.8. The standard InChI is InChI=1S/C14H22N2O2S2/c1-15-10-12-3-2-4-13(9-12)11-20(17,18)16-14-5-7-19-8-6-14/h2-4,9,14-16H,5-8,10-11H2,1H3. The van der Waals surface area contributed by atoms with Crippen molar-refractivity contribution in [3.63, 3.8) is 0 Å². The van der Waals surface area contributed by atoms with E-state index < -0.39 is 10.0 Å². The third kappa shape index (κ3) is 5.09. The summed E-state index contributed by atoms with van der Waals surface area (Å²) in [6.07, 6.45) is 1.87. The molecule has 1 aromatic rings. The Morgan fingerprint density at radius 1 is 1.25 bits per heavy atom. The second kappa shape index (κ2) is 7.45. The lowest BCUT2D eigenvalue weighted by atomic mass is 10.1. The summed E-state index contributed by atoms with van der Waals surface area (Å²) in [6, 6.07) is 7.84. The second-order valence-electron chi connectivity index (χ2n) is 5.11. The van der Waals surface area contributed by atoms with Gasteiger partial charge in [-0.15, -0.1) is 0 Å². The molecule has 0 bridgehead atoms. The summed E-state index contributed by atoms with van der Waals surface area (Å²) in [5.74, 6) is 2.16. The van der Waals surface area contributed by atoms with Crippen molar-refractivity contribution in [2.45, 2.75) is 31.2 Å². The molecule has 0 atom stereocenters.